The predicted molar refractivity (Wildman–Crippen MR) is 78.1 cm³/mol. The molecule has 1 amide bonds. The Morgan fingerprint density at radius 3 is 3.11 bits per heavy atom. The van der Waals surface area contributed by atoms with Crippen molar-refractivity contribution in [3.8, 4) is 0 Å². The summed E-state index contributed by atoms with van der Waals surface area (Å²) >= 11 is 3.42. The van der Waals surface area contributed by atoms with Crippen molar-refractivity contribution in [2.45, 2.75) is 12.5 Å². The van der Waals surface area contributed by atoms with Crippen LogP contribution in [0.15, 0.2) is 28.7 Å². The zero-order valence-electron chi connectivity index (χ0n) is 11.1. The molecule has 4 nitrogen and oxygen atoms in total. The van der Waals surface area contributed by atoms with Crippen molar-refractivity contribution in [3.05, 3.63) is 34.3 Å². The van der Waals surface area contributed by atoms with Crippen molar-refractivity contribution in [2.24, 2.45) is 0 Å². The molecule has 0 aliphatic carbocycles. The van der Waals surface area contributed by atoms with E-state index in [-0.39, 0.29) is 11.9 Å². The molecule has 0 aromatic heterocycles. The maximum atomic E-state index is 12.1. The van der Waals surface area contributed by atoms with Gasteiger partial charge >= 0.3 is 0 Å². The van der Waals surface area contributed by atoms with E-state index in [1.807, 2.05) is 31.3 Å². The number of amides is 1. The molecule has 0 saturated carbocycles. The van der Waals surface area contributed by atoms with Crippen LogP contribution < -0.4 is 5.32 Å². The molecule has 0 bridgehead atoms. The SMILES string of the molecule is CN(CC1COCCN1)C(=O)Cc1cccc(Br)c1. The number of ether oxygens (including phenoxy) is 1. The number of nitrogens with zero attached hydrogens (tertiary/aromatic N) is 1. The molecular formula is C14H19BrN2O2. The van der Waals surface area contributed by atoms with Crippen molar-refractivity contribution < 1.29 is 9.53 Å². The number of halogens is 1. The summed E-state index contributed by atoms with van der Waals surface area (Å²) in [5, 5.41) is 3.35. The first-order valence-corrected chi connectivity index (χ1v) is 7.24. The average Bonchev–Trinajstić information content (AvgIpc) is 2.40. The van der Waals surface area contributed by atoms with Gasteiger partial charge in [-0.15, -0.1) is 0 Å². The normalized spacial score (nSPS) is 19.2. The van der Waals surface area contributed by atoms with Crippen LogP contribution in [-0.4, -0.2) is 50.2 Å². The lowest BCUT2D eigenvalue weighted by Gasteiger charge is -2.28. The number of hydrogen-bond donors (Lipinski definition) is 1. The highest BCUT2D eigenvalue weighted by molar-refractivity contribution is 9.10. The third-order valence-electron chi connectivity index (χ3n) is 3.16. The smallest absolute Gasteiger partial charge is 0.226 e. The van der Waals surface area contributed by atoms with Gasteiger partial charge in [0.25, 0.3) is 0 Å². The topological polar surface area (TPSA) is 41.6 Å². The zero-order valence-corrected chi connectivity index (χ0v) is 12.6. The Balaban J connectivity index is 1.84. The molecule has 19 heavy (non-hydrogen) atoms. The third-order valence-corrected chi connectivity index (χ3v) is 3.66. The zero-order chi connectivity index (χ0) is 13.7. The summed E-state index contributed by atoms with van der Waals surface area (Å²) in [7, 11) is 1.84. The van der Waals surface area contributed by atoms with Gasteiger partial charge in [-0.2, -0.15) is 0 Å². The van der Waals surface area contributed by atoms with Crippen LogP contribution in [0.5, 0.6) is 0 Å². The second-order valence-corrected chi connectivity index (χ2v) is 5.72. The van der Waals surface area contributed by atoms with Crippen LogP contribution in [0.25, 0.3) is 0 Å². The molecule has 1 aliphatic rings. The summed E-state index contributed by atoms with van der Waals surface area (Å²) in [5.41, 5.74) is 1.03. The lowest BCUT2D eigenvalue weighted by molar-refractivity contribution is -0.129. The minimum atomic E-state index is 0.130. The number of carbonyl (C=O) groups is 1. The summed E-state index contributed by atoms with van der Waals surface area (Å²) in [6.07, 6.45) is 0.434. The monoisotopic (exact) mass is 326 g/mol. The van der Waals surface area contributed by atoms with Crippen LogP contribution in [0.3, 0.4) is 0 Å². The summed E-state index contributed by atoms with van der Waals surface area (Å²) < 4.78 is 6.39. The fourth-order valence-electron chi connectivity index (χ4n) is 2.13. The van der Waals surface area contributed by atoms with Gasteiger partial charge in [-0.3, -0.25) is 4.79 Å². The van der Waals surface area contributed by atoms with Crippen molar-refractivity contribution in [1.29, 1.82) is 0 Å². The maximum Gasteiger partial charge on any atom is 0.226 e. The van der Waals surface area contributed by atoms with E-state index in [0.29, 0.717) is 19.6 Å². The Hall–Kier alpha value is -0.910. The number of carbonyl (C=O) groups excluding carboxylic acids is 1. The first kappa shape index (κ1) is 14.5. The number of hydrogen-bond acceptors (Lipinski definition) is 3. The minimum absolute atomic E-state index is 0.130. The van der Waals surface area contributed by atoms with Crippen molar-refractivity contribution >= 4 is 21.8 Å². The Labute approximate surface area is 122 Å². The van der Waals surface area contributed by atoms with Gasteiger partial charge < -0.3 is 15.0 Å². The molecule has 2 rings (SSSR count). The molecule has 1 unspecified atom stereocenters. The van der Waals surface area contributed by atoms with Crippen molar-refractivity contribution in [2.75, 3.05) is 33.4 Å². The van der Waals surface area contributed by atoms with Crippen LogP contribution in [0.1, 0.15) is 5.56 Å². The van der Waals surface area contributed by atoms with Gasteiger partial charge in [0.15, 0.2) is 0 Å². The predicted octanol–water partition coefficient (Wildman–Crippen LogP) is 1.44. The molecule has 0 spiro atoms. The van der Waals surface area contributed by atoms with Gasteiger partial charge in [-0.25, -0.2) is 0 Å². The highest BCUT2D eigenvalue weighted by Gasteiger charge is 2.18. The number of morpholine rings is 1. The van der Waals surface area contributed by atoms with E-state index in [0.717, 1.165) is 23.2 Å². The summed E-state index contributed by atoms with van der Waals surface area (Å²) in [6, 6.07) is 8.10. The summed E-state index contributed by atoms with van der Waals surface area (Å²) in [6.45, 7) is 2.98. The molecule has 1 aromatic rings. The fraction of sp³-hybridized carbons (Fsp3) is 0.500. The van der Waals surface area contributed by atoms with Crippen molar-refractivity contribution in [3.63, 3.8) is 0 Å². The fourth-order valence-corrected chi connectivity index (χ4v) is 2.57. The van der Waals surface area contributed by atoms with E-state index in [1.54, 1.807) is 4.90 Å². The lowest BCUT2D eigenvalue weighted by atomic mass is 10.1. The molecule has 1 aliphatic heterocycles. The van der Waals surface area contributed by atoms with E-state index in [9.17, 15) is 4.79 Å². The van der Waals surface area contributed by atoms with Crippen LogP contribution in [0, 0.1) is 0 Å². The van der Waals surface area contributed by atoms with Gasteiger partial charge in [-0.1, -0.05) is 28.1 Å². The van der Waals surface area contributed by atoms with E-state index >= 15 is 0 Å². The molecule has 1 heterocycles. The highest BCUT2D eigenvalue weighted by atomic mass is 79.9. The number of nitrogens with one attached hydrogen (secondary N) is 1. The Bertz CT molecular complexity index is 433. The minimum Gasteiger partial charge on any atom is -0.378 e. The molecule has 1 N–H and O–H groups in total. The standard InChI is InChI=1S/C14H19BrN2O2/c1-17(9-13-10-19-6-5-16-13)14(18)8-11-3-2-4-12(15)7-11/h2-4,7,13,16H,5-6,8-10H2,1H3. The molecule has 1 atom stereocenters. The molecule has 1 aromatic carbocycles. The van der Waals surface area contributed by atoms with Crippen LogP contribution in [0.4, 0.5) is 0 Å². The third kappa shape index (κ3) is 4.60. The number of benzene rings is 1. The van der Waals surface area contributed by atoms with Gasteiger partial charge in [0.05, 0.1) is 19.6 Å². The largest absolute Gasteiger partial charge is 0.378 e. The lowest BCUT2D eigenvalue weighted by Crippen LogP contribution is -2.49. The maximum absolute atomic E-state index is 12.1. The average molecular weight is 327 g/mol. The first-order chi connectivity index (χ1) is 9.15. The van der Waals surface area contributed by atoms with E-state index in [2.05, 4.69) is 21.2 Å². The van der Waals surface area contributed by atoms with E-state index in [4.69, 9.17) is 4.74 Å². The molecular weight excluding hydrogens is 308 g/mol. The second kappa shape index (κ2) is 7.03. The van der Waals surface area contributed by atoms with Crippen LogP contribution >= 0.6 is 15.9 Å². The molecule has 1 saturated heterocycles. The summed E-state index contributed by atoms with van der Waals surface area (Å²) in [4.78, 5) is 13.9. The second-order valence-electron chi connectivity index (χ2n) is 4.81. The van der Waals surface area contributed by atoms with Gasteiger partial charge in [0, 0.05) is 30.7 Å². The van der Waals surface area contributed by atoms with E-state index in [1.165, 1.54) is 0 Å². The number of rotatable bonds is 4. The Kier molecular flexibility index (Phi) is 5.36. The van der Waals surface area contributed by atoms with Crippen LogP contribution in [0.2, 0.25) is 0 Å². The summed E-state index contributed by atoms with van der Waals surface area (Å²) in [5.74, 6) is 0.130. The molecule has 1 fully saturated rings. The van der Waals surface area contributed by atoms with Crippen LogP contribution in [-0.2, 0) is 16.0 Å². The quantitative estimate of drug-likeness (QED) is 0.910. The molecule has 0 radical (unpaired) electrons. The van der Waals surface area contributed by atoms with Crippen molar-refractivity contribution in [1.82, 2.24) is 10.2 Å². The molecule has 104 valence electrons. The number of likely N-dealkylation sites (N-methyl/N-ethyl adjacent to an activating group) is 1. The Morgan fingerprint density at radius 1 is 1.58 bits per heavy atom. The first-order valence-electron chi connectivity index (χ1n) is 6.44. The van der Waals surface area contributed by atoms with Gasteiger partial charge in [0.2, 0.25) is 5.91 Å². The molecule has 5 heteroatoms. The Morgan fingerprint density at radius 2 is 2.42 bits per heavy atom. The van der Waals surface area contributed by atoms with E-state index < -0.39 is 0 Å². The highest BCUT2D eigenvalue weighted by Crippen LogP contribution is 2.12. The van der Waals surface area contributed by atoms with Gasteiger partial charge in [-0.05, 0) is 17.7 Å². The van der Waals surface area contributed by atoms with Gasteiger partial charge in [0.1, 0.15) is 0 Å².